The largest absolute Gasteiger partial charge is 0.383 e. The Morgan fingerprint density at radius 2 is 2.15 bits per heavy atom. The van der Waals surface area contributed by atoms with Crippen LogP contribution in [0.25, 0.3) is 0 Å². The maximum Gasteiger partial charge on any atom is 0.293 e. The highest BCUT2D eigenvalue weighted by molar-refractivity contribution is 7.92. The lowest BCUT2D eigenvalue weighted by molar-refractivity contribution is -0.384. The van der Waals surface area contributed by atoms with Gasteiger partial charge in [-0.1, -0.05) is 0 Å². The molecule has 2 aromatic rings. The summed E-state index contributed by atoms with van der Waals surface area (Å²) in [6.45, 7) is 0. The summed E-state index contributed by atoms with van der Waals surface area (Å²) in [5.41, 5.74) is -0.0956. The van der Waals surface area contributed by atoms with Crippen molar-refractivity contribution in [1.82, 2.24) is 9.97 Å². The van der Waals surface area contributed by atoms with Crippen LogP contribution in [0.2, 0.25) is 0 Å². The highest BCUT2D eigenvalue weighted by Gasteiger charge is 2.21. The van der Waals surface area contributed by atoms with Gasteiger partial charge in [-0.25, -0.2) is 18.1 Å². The van der Waals surface area contributed by atoms with Crippen molar-refractivity contribution in [3.05, 3.63) is 40.7 Å². The average Bonchev–Trinajstić information content (AvgIpc) is 2.89. The molecular weight excluding hydrogens is 286 g/mol. The fourth-order valence-corrected chi connectivity index (χ4v) is 2.55. The molecule has 20 heavy (non-hydrogen) atoms. The van der Waals surface area contributed by atoms with Crippen molar-refractivity contribution in [2.45, 2.75) is 4.90 Å². The van der Waals surface area contributed by atoms with E-state index >= 15 is 0 Å². The van der Waals surface area contributed by atoms with Gasteiger partial charge in [-0.05, 0) is 12.1 Å². The highest BCUT2D eigenvalue weighted by Crippen LogP contribution is 2.27. The van der Waals surface area contributed by atoms with Gasteiger partial charge in [0, 0.05) is 25.5 Å². The Labute approximate surface area is 114 Å². The number of nitrogens with one attached hydrogen (secondary N) is 3. The zero-order chi connectivity index (χ0) is 14.8. The summed E-state index contributed by atoms with van der Waals surface area (Å²) in [6, 6.07) is 3.58. The number of hydrogen-bond donors (Lipinski definition) is 3. The number of nitro benzene ring substituents is 1. The number of H-pyrrole nitrogens is 1. The standard InChI is InChI=1S/C10H11N5O4S/c1-11-8-3-2-7(6-9(8)15(16)17)20(18,19)14-10-12-4-5-13-10/h2-6,11H,1H3,(H2,12,13,14). The maximum absolute atomic E-state index is 12.1. The average molecular weight is 297 g/mol. The number of nitrogens with zero attached hydrogens (tertiary/aromatic N) is 2. The quantitative estimate of drug-likeness (QED) is 0.560. The molecule has 3 N–H and O–H groups in total. The van der Waals surface area contributed by atoms with Crippen molar-refractivity contribution in [3.8, 4) is 0 Å². The molecule has 1 heterocycles. The van der Waals surface area contributed by atoms with E-state index in [9.17, 15) is 18.5 Å². The van der Waals surface area contributed by atoms with Crippen LogP contribution in [-0.2, 0) is 10.0 Å². The molecule has 0 bridgehead atoms. The molecule has 9 nitrogen and oxygen atoms in total. The smallest absolute Gasteiger partial charge is 0.293 e. The second-order valence-electron chi connectivity index (χ2n) is 3.73. The predicted octanol–water partition coefficient (Wildman–Crippen LogP) is 1.16. The van der Waals surface area contributed by atoms with Crippen LogP contribution in [0, 0.1) is 10.1 Å². The van der Waals surface area contributed by atoms with Crippen LogP contribution in [0.4, 0.5) is 17.3 Å². The molecule has 0 aliphatic heterocycles. The van der Waals surface area contributed by atoms with E-state index in [-0.39, 0.29) is 22.2 Å². The zero-order valence-electron chi connectivity index (χ0n) is 10.3. The molecule has 10 heteroatoms. The van der Waals surface area contributed by atoms with Crippen LogP contribution in [0.3, 0.4) is 0 Å². The minimum absolute atomic E-state index is 0.0327. The minimum Gasteiger partial charge on any atom is -0.383 e. The van der Waals surface area contributed by atoms with Gasteiger partial charge in [0.05, 0.1) is 9.82 Å². The Bertz CT molecular complexity index is 726. The molecule has 0 aliphatic carbocycles. The van der Waals surface area contributed by atoms with Crippen LogP contribution in [-0.4, -0.2) is 30.4 Å². The summed E-state index contributed by atoms with van der Waals surface area (Å²) >= 11 is 0. The maximum atomic E-state index is 12.1. The third kappa shape index (κ3) is 2.69. The number of imidazole rings is 1. The third-order valence-corrected chi connectivity index (χ3v) is 3.81. The van der Waals surface area contributed by atoms with Crippen molar-refractivity contribution in [2.24, 2.45) is 0 Å². The van der Waals surface area contributed by atoms with Crippen molar-refractivity contribution in [3.63, 3.8) is 0 Å². The molecule has 0 radical (unpaired) electrons. The first kappa shape index (κ1) is 13.8. The Kier molecular flexibility index (Phi) is 3.57. The normalized spacial score (nSPS) is 11.1. The van der Waals surface area contributed by atoms with E-state index in [1.807, 2.05) is 0 Å². The van der Waals surface area contributed by atoms with Gasteiger partial charge in [-0.3, -0.25) is 10.1 Å². The second kappa shape index (κ2) is 5.17. The van der Waals surface area contributed by atoms with Gasteiger partial charge >= 0.3 is 0 Å². The van der Waals surface area contributed by atoms with Gasteiger partial charge < -0.3 is 10.3 Å². The molecule has 106 valence electrons. The fraction of sp³-hybridized carbons (Fsp3) is 0.100. The first-order valence-corrected chi connectivity index (χ1v) is 6.91. The van der Waals surface area contributed by atoms with Gasteiger partial charge in [0.1, 0.15) is 5.69 Å². The topological polar surface area (TPSA) is 130 Å². The monoisotopic (exact) mass is 297 g/mol. The van der Waals surface area contributed by atoms with E-state index in [4.69, 9.17) is 0 Å². The summed E-state index contributed by atoms with van der Waals surface area (Å²) in [4.78, 5) is 16.3. The number of rotatable bonds is 5. The van der Waals surface area contributed by atoms with Crippen molar-refractivity contribution in [1.29, 1.82) is 0 Å². The molecular formula is C10H11N5O4S. The Hall–Kier alpha value is -2.62. The summed E-state index contributed by atoms with van der Waals surface area (Å²) in [6.07, 6.45) is 2.83. The Morgan fingerprint density at radius 1 is 1.40 bits per heavy atom. The van der Waals surface area contributed by atoms with Gasteiger partial charge in [-0.2, -0.15) is 0 Å². The lowest BCUT2D eigenvalue weighted by Crippen LogP contribution is -2.14. The molecule has 1 aromatic heterocycles. The lowest BCUT2D eigenvalue weighted by atomic mass is 10.3. The first-order chi connectivity index (χ1) is 9.44. The molecule has 0 saturated heterocycles. The molecule has 0 spiro atoms. The van der Waals surface area contributed by atoms with E-state index in [0.29, 0.717) is 0 Å². The van der Waals surface area contributed by atoms with E-state index in [1.54, 1.807) is 0 Å². The minimum atomic E-state index is -3.94. The molecule has 0 aliphatic rings. The van der Waals surface area contributed by atoms with Gasteiger partial charge in [0.15, 0.2) is 0 Å². The summed E-state index contributed by atoms with van der Waals surface area (Å²) in [7, 11) is -2.43. The predicted molar refractivity (Wildman–Crippen MR) is 72.0 cm³/mol. The summed E-state index contributed by atoms with van der Waals surface area (Å²) in [5.74, 6) is 0.0327. The number of nitro groups is 1. The first-order valence-electron chi connectivity index (χ1n) is 5.42. The molecule has 0 atom stereocenters. The van der Waals surface area contributed by atoms with E-state index < -0.39 is 14.9 Å². The number of anilines is 2. The van der Waals surface area contributed by atoms with Crippen LogP contribution < -0.4 is 10.0 Å². The Balaban J connectivity index is 2.42. The number of aromatic amines is 1. The van der Waals surface area contributed by atoms with E-state index in [0.717, 1.165) is 6.07 Å². The molecule has 0 unspecified atom stereocenters. The van der Waals surface area contributed by atoms with Crippen molar-refractivity contribution >= 4 is 27.3 Å². The number of benzene rings is 1. The van der Waals surface area contributed by atoms with Crippen molar-refractivity contribution < 1.29 is 13.3 Å². The summed E-state index contributed by atoms with van der Waals surface area (Å²) in [5, 5.41) is 13.5. The molecule has 0 fully saturated rings. The Morgan fingerprint density at radius 3 is 2.70 bits per heavy atom. The number of aromatic nitrogens is 2. The van der Waals surface area contributed by atoms with E-state index in [1.165, 1.54) is 31.6 Å². The summed E-state index contributed by atoms with van der Waals surface area (Å²) < 4.78 is 26.3. The zero-order valence-corrected chi connectivity index (χ0v) is 11.1. The van der Waals surface area contributed by atoms with Crippen molar-refractivity contribution in [2.75, 3.05) is 17.1 Å². The molecule has 0 amide bonds. The van der Waals surface area contributed by atoms with Crippen LogP contribution in [0.1, 0.15) is 0 Å². The van der Waals surface area contributed by atoms with Gasteiger partial charge in [0.2, 0.25) is 5.95 Å². The second-order valence-corrected chi connectivity index (χ2v) is 5.41. The van der Waals surface area contributed by atoms with E-state index in [2.05, 4.69) is 20.0 Å². The third-order valence-electron chi connectivity index (χ3n) is 2.47. The van der Waals surface area contributed by atoms with Gasteiger partial charge in [-0.15, -0.1) is 0 Å². The SMILES string of the molecule is CNc1ccc(S(=O)(=O)Nc2ncc[nH]2)cc1[N+](=O)[O-]. The van der Waals surface area contributed by atoms with Gasteiger partial charge in [0.25, 0.3) is 15.7 Å². The number of sulfonamides is 1. The molecule has 1 aromatic carbocycles. The highest BCUT2D eigenvalue weighted by atomic mass is 32.2. The van der Waals surface area contributed by atoms with Crippen LogP contribution in [0.15, 0.2) is 35.5 Å². The lowest BCUT2D eigenvalue weighted by Gasteiger charge is -2.07. The van der Waals surface area contributed by atoms with Crippen LogP contribution in [0.5, 0.6) is 0 Å². The number of hydrogen-bond acceptors (Lipinski definition) is 6. The molecule has 2 rings (SSSR count). The van der Waals surface area contributed by atoms with Crippen LogP contribution >= 0.6 is 0 Å². The molecule has 0 saturated carbocycles. The fourth-order valence-electron chi connectivity index (χ4n) is 1.55.